The molecule has 0 N–H and O–H groups in total. The minimum atomic E-state index is 0.889. The van der Waals surface area contributed by atoms with Crippen LogP contribution in [0.2, 0.25) is 0 Å². The van der Waals surface area contributed by atoms with E-state index in [-0.39, 0.29) is 0 Å². The van der Waals surface area contributed by atoms with Crippen molar-refractivity contribution >= 4 is 49.8 Å². The van der Waals surface area contributed by atoms with Crippen LogP contribution in [0.15, 0.2) is 217 Å². The van der Waals surface area contributed by atoms with Crippen molar-refractivity contribution in [1.82, 2.24) is 0 Å². The molecule has 0 radical (unpaired) electrons. The molecular formula is C52H35NO. The van der Waals surface area contributed by atoms with E-state index in [4.69, 9.17) is 4.42 Å². The fraction of sp³-hybridized carbons (Fsp3) is 0. The Morgan fingerprint density at radius 2 is 0.778 bits per heavy atom. The number of hydrogen-bond donors (Lipinski definition) is 0. The number of nitrogens with zero attached hydrogens (tertiary/aromatic N) is 1. The molecule has 0 fully saturated rings. The number of anilines is 3. The summed E-state index contributed by atoms with van der Waals surface area (Å²) in [4.78, 5) is 2.34. The van der Waals surface area contributed by atoms with Crippen LogP contribution < -0.4 is 4.90 Å². The van der Waals surface area contributed by atoms with Crippen LogP contribution in [-0.2, 0) is 0 Å². The molecule has 2 heteroatoms. The first-order chi connectivity index (χ1) is 26.8. The van der Waals surface area contributed by atoms with Crippen molar-refractivity contribution in [2.45, 2.75) is 0 Å². The van der Waals surface area contributed by atoms with Crippen molar-refractivity contribution in [3.63, 3.8) is 0 Å². The maximum absolute atomic E-state index is 6.64. The molecule has 0 atom stereocenters. The van der Waals surface area contributed by atoms with E-state index in [0.29, 0.717) is 0 Å². The Hall–Kier alpha value is -7.16. The maximum Gasteiger partial charge on any atom is 0.136 e. The molecule has 1 heterocycles. The summed E-state index contributed by atoms with van der Waals surface area (Å²) in [7, 11) is 0. The average Bonchev–Trinajstić information content (AvgIpc) is 3.64. The van der Waals surface area contributed by atoms with Gasteiger partial charge in [-0.2, -0.15) is 0 Å². The third-order valence-corrected chi connectivity index (χ3v) is 10.5. The van der Waals surface area contributed by atoms with Crippen molar-refractivity contribution in [3.05, 3.63) is 212 Å². The van der Waals surface area contributed by atoms with Crippen LogP contribution in [0.4, 0.5) is 17.1 Å². The van der Waals surface area contributed by atoms with Gasteiger partial charge in [0.1, 0.15) is 11.2 Å². The molecule has 254 valence electrons. The molecule has 0 aliphatic carbocycles. The lowest BCUT2D eigenvalue weighted by Gasteiger charge is -2.26. The molecule has 2 nitrogen and oxygen atoms in total. The smallest absolute Gasteiger partial charge is 0.136 e. The summed E-state index contributed by atoms with van der Waals surface area (Å²) in [6.45, 7) is 0. The summed E-state index contributed by atoms with van der Waals surface area (Å²) in [5.41, 5.74) is 14.5. The summed E-state index contributed by atoms with van der Waals surface area (Å²) < 4.78 is 6.64. The third kappa shape index (κ3) is 5.62. The average molecular weight is 690 g/mol. The highest BCUT2D eigenvalue weighted by Gasteiger charge is 2.19. The first-order valence-electron chi connectivity index (χ1n) is 18.4. The van der Waals surface area contributed by atoms with E-state index in [2.05, 4.69) is 217 Å². The summed E-state index contributed by atoms with van der Waals surface area (Å²) in [6, 6.07) is 75.7. The summed E-state index contributed by atoms with van der Waals surface area (Å²) in [6.07, 6.45) is 0. The van der Waals surface area contributed by atoms with E-state index < -0.39 is 0 Å². The highest BCUT2D eigenvalue weighted by molar-refractivity contribution is 6.25. The van der Waals surface area contributed by atoms with Gasteiger partial charge in [-0.1, -0.05) is 164 Å². The first-order valence-corrected chi connectivity index (χ1v) is 18.4. The minimum Gasteiger partial charge on any atom is -0.456 e. The van der Waals surface area contributed by atoms with Gasteiger partial charge in [0, 0.05) is 27.8 Å². The molecule has 54 heavy (non-hydrogen) atoms. The molecule has 0 amide bonds. The van der Waals surface area contributed by atoms with Crippen LogP contribution in [0.1, 0.15) is 0 Å². The number of benzene rings is 9. The highest BCUT2D eigenvalue weighted by Crippen LogP contribution is 2.44. The molecule has 1 aromatic heterocycles. The zero-order chi connectivity index (χ0) is 35.8. The van der Waals surface area contributed by atoms with Crippen molar-refractivity contribution in [2.24, 2.45) is 0 Å². The molecule has 0 spiro atoms. The molecule has 0 saturated carbocycles. The zero-order valence-electron chi connectivity index (χ0n) is 29.6. The van der Waals surface area contributed by atoms with Crippen LogP contribution in [0.25, 0.3) is 77.2 Å². The van der Waals surface area contributed by atoms with Gasteiger partial charge in [0.15, 0.2) is 0 Å². The van der Waals surface area contributed by atoms with Crippen LogP contribution in [0, 0.1) is 0 Å². The van der Waals surface area contributed by atoms with Crippen molar-refractivity contribution in [3.8, 4) is 44.5 Å². The maximum atomic E-state index is 6.64. The van der Waals surface area contributed by atoms with Gasteiger partial charge in [0.2, 0.25) is 0 Å². The fourth-order valence-corrected chi connectivity index (χ4v) is 7.90. The van der Waals surface area contributed by atoms with Gasteiger partial charge in [-0.3, -0.25) is 0 Å². The van der Waals surface area contributed by atoms with Crippen molar-refractivity contribution in [1.29, 1.82) is 0 Å². The summed E-state index contributed by atoms with van der Waals surface area (Å²) in [5, 5.41) is 4.70. The molecule has 9 aromatic carbocycles. The van der Waals surface area contributed by atoms with Gasteiger partial charge in [0.25, 0.3) is 0 Å². The fourth-order valence-electron chi connectivity index (χ4n) is 7.90. The van der Waals surface area contributed by atoms with Crippen LogP contribution in [-0.4, -0.2) is 0 Å². The Morgan fingerprint density at radius 3 is 1.44 bits per heavy atom. The van der Waals surface area contributed by atoms with E-state index in [1.807, 2.05) is 0 Å². The molecule has 10 aromatic rings. The lowest BCUT2D eigenvalue weighted by atomic mass is 9.92. The first kappa shape index (κ1) is 31.6. The van der Waals surface area contributed by atoms with Gasteiger partial charge in [-0.25, -0.2) is 0 Å². The monoisotopic (exact) mass is 689 g/mol. The quantitative estimate of drug-likeness (QED) is 0.166. The molecule has 0 saturated heterocycles. The van der Waals surface area contributed by atoms with Crippen molar-refractivity contribution in [2.75, 3.05) is 4.90 Å². The number of furan rings is 1. The Bertz CT molecular complexity index is 2890. The molecular weight excluding hydrogens is 655 g/mol. The second kappa shape index (κ2) is 13.4. The number of fused-ring (bicyclic) bond motifs is 5. The molecule has 10 rings (SSSR count). The second-order valence-electron chi connectivity index (χ2n) is 13.7. The molecule has 0 aliphatic heterocycles. The van der Waals surface area contributed by atoms with E-state index in [1.165, 1.54) is 44.2 Å². The van der Waals surface area contributed by atoms with Gasteiger partial charge < -0.3 is 9.32 Å². The number of rotatable bonds is 7. The van der Waals surface area contributed by atoms with Gasteiger partial charge >= 0.3 is 0 Å². The van der Waals surface area contributed by atoms with E-state index in [0.717, 1.165) is 50.1 Å². The lowest BCUT2D eigenvalue weighted by Crippen LogP contribution is -2.10. The predicted molar refractivity (Wildman–Crippen MR) is 228 cm³/mol. The Labute approximate surface area is 314 Å². The predicted octanol–water partition coefficient (Wildman–Crippen LogP) is 14.9. The van der Waals surface area contributed by atoms with Crippen LogP contribution in [0.3, 0.4) is 0 Å². The second-order valence-corrected chi connectivity index (χ2v) is 13.7. The highest BCUT2D eigenvalue weighted by atomic mass is 16.3. The van der Waals surface area contributed by atoms with Crippen LogP contribution >= 0.6 is 0 Å². The van der Waals surface area contributed by atoms with E-state index in [1.54, 1.807) is 0 Å². The van der Waals surface area contributed by atoms with Gasteiger partial charge in [-0.15, -0.1) is 0 Å². The third-order valence-electron chi connectivity index (χ3n) is 10.5. The minimum absolute atomic E-state index is 0.889. The topological polar surface area (TPSA) is 16.4 Å². The molecule has 0 bridgehead atoms. The molecule has 0 aliphatic rings. The van der Waals surface area contributed by atoms with Gasteiger partial charge in [0.05, 0.1) is 0 Å². The lowest BCUT2D eigenvalue weighted by molar-refractivity contribution is 0.669. The standard InChI is InChI=1S/C52H35NO/c1-4-14-36(15-5-1)38-26-30-42(31-27-38)53(44-21-12-20-41(34-44)37-16-6-2-7-17-37)43-32-28-40(29-33-43)45-24-13-25-49-51(45)52-47-23-11-10-22-46(47)48(35-50(52)54-49)39-18-8-3-9-19-39/h1-35H. The largest absolute Gasteiger partial charge is 0.456 e. The Kier molecular flexibility index (Phi) is 7.85. The van der Waals surface area contributed by atoms with Crippen molar-refractivity contribution < 1.29 is 4.42 Å². The van der Waals surface area contributed by atoms with Crippen LogP contribution in [0.5, 0.6) is 0 Å². The van der Waals surface area contributed by atoms with E-state index in [9.17, 15) is 0 Å². The summed E-state index contributed by atoms with van der Waals surface area (Å²) >= 11 is 0. The molecule has 0 unspecified atom stereocenters. The summed E-state index contributed by atoms with van der Waals surface area (Å²) in [5.74, 6) is 0. The zero-order valence-corrected chi connectivity index (χ0v) is 29.6. The Morgan fingerprint density at radius 1 is 0.278 bits per heavy atom. The normalized spacial score (nSPS) is 11.3. The Balaban J connectivity index is 1.10. The SMILES string of the molecule is c1ccc(-c2ccc(N(c3ccc(-c4cccc5oc6cc(-c7ccccc7)c7ccccc7c6c45)cc3)c3cccc(-c4ccccc4)c3)cc2)cc1. The van der Waals surface area contributed by atoms with E-state index >= 15 is 0 Å². The number of hydrogen-bond acceptors (Lipinski definition) is 2. The van der Waals surface area contributed by atoms with Gasteiger partial charge in [-0.05, 0) is 104 Å².